The lowest BCUT2D eigenvalue weighted by molar-refractivity contribution is 0.579. The molecule has 2 rings (SSSR count). The Morgan fingerprint density at radius 2 is 2.14 bits per heavy atom. The first-order valence-electron chi connectivity index (χ1n) is 6.75. The van der Waals surface area contributed by atoms with E-state index in [1.165, 1.54) is 17.8 Å². The lowest BCUT2D eigenvalue weighted by atomic mass is 10.2. The number of benzene rings is 1. The molecule has 0 radical (unpaired) electrons. The van der Waals surface area contributed by atoms with E-state index in [4.69, 9.17) is 11.6 Å². The molecule has 0 bridgehead atoms. The number of halogens is 2. The van der Waals surface area contributed by atoms with E-state index in [1.54, 1.807) is 12.1 Å². The largest absolute Gasteiger partial charge is 0.316 e. The normalized spacial score (nSPS) is 12.6. The van der Waals surface area contributed by atoms with Gasteiger partial charge in [-0.3, -0.25) is 4.68 Å². The molecule has 0 spiro atoms. The van der Waals surface area contributed by atoms with Crippen LogP contribution < -0.4 is 5.32 Å². The van der Waals surface area contributed by atoms with E-state index >= 15 is 0 Å². The van der Waals surface area contributed by atoms with E-state index < -0.39 is 0 Å². The molecule has 0 aliphatic rings. The predicted molar refractivity (Wildman–Crippen MR) is 86.6 cm³/mol. The fourth-order valence-electron chi connectivity index (χ4n) is 2.13. The summed E-state index contributed by atoms with van der Waals surface area (Å²) in [6, 6.07) is 7.03. The van der Waals surface area contributed by atoms with Gasteiger partial charge in [-0.1, -0.05) is 23.7 Å². The van der Waals surface area contributed by atoms with Gasteiger partial charge in [0.25, 0.3) is 0 Å². The molecule has 21 heavy (non-hydrogen) atoms. The van der Waals surface area contributed by atoms with Crippen molar-refractivity contribution in [2.45, 2.75) is 24.3 Å². The van der Waals surface area contributed by atoms with Crippen molar-refractivity contribution in [3.05, 3.63) is 46.5 Å². The van der Waals surface area contributed by atoms with Gasteiger partial charge in [0.05, 0.1) is 16.4 Å². The first-order valence-corrected chi connectivity index (χ1v) is 8.11. The van der Waals surface area contributed by atoms with Gasteiger partial charge in [0.15, 0.2) is 0 Å². The Kier molecular flexibility index (Phi) is 5.67. The third-order valence-electron chi connectivity index (χ3n) is 3.39. The number of aromatic nitrogens is 2. The molecule has 1 aromatic carbocycles. The smallest absolute Gasteiger partial charge is 0.136 e. The maximum absolute atomic E-state index is 13.6. The van der Waals surface area contributed by atoms with Crippen molar-refractivity contribution in [3.8, 4) is 0 Å². The van der Waals surface area contributed by atoms with Crippen molar-refractivity contribution in [3.63, 3.8) is 0 Å². The molecule has 0 saturated carbocycles. The van der Waals surface area contributed by atoms with Gasteiger partial charge < -0.3 is 5.32 Å². The van der Waals surface area contributed by atoms with Gasteiger partial charge >= 0.3 is 0 Å². The molecule has 0 aliphatic carbocycles. The summed E-state index contributed by atoms with van der Waals surface area (Å²) in [6.45, 7) is 1.90. The molecule has 3 nitrogen and oxygen atoms in total. The average Bonchev–Trinajstić information content (AvgIpc) is 2.70. The fourth-order valence-corrected chi connectivity index (χ4v) is 3.41. The Labute approximate surface area is 133 Å². The minimum absolute atomic E-state index is 0.174. The molecule has 1 N–H and O–H groups in total. The van der Waals surface area contributed by atoms with Crippen molar-refractivity contribution in [1.29, 1.82) is 0 Å². The Morgan fingerprint density at radius 1 is 1.43 bits per heavy atom. The summed E-state index contributed by atoms with van der Waals surface area (Å²) in [5.41, 5.74) is 1.84. The second kappa shape index (κ2) is 7.29. The number of hydrogen-bond acceptors (Lipinski definition) is 3. The summed E-state index contributed by atoms with van der Waals surface area (Å²) in [4.78, 5) is 0.671. The van der Waals surface area contributed by atoms with Crippen LogP contribution in [0.4, 0.5) is 4.39 Å². The van der Waals surface area contributed by atoms with Crippen LogP contribution in [-0.2, 0) is 13.5 Å². The van der Waals surface area contributed by atoms with Crippen LogP contribution in [0.2, 0.25) is 5.02 Å². The van der Waals surface area contributed by atoms with Crippen molar-refractivity contribution in [1.82, 2.24) is 15.1 Å². The molecule has 1 unspecified atom stereocenters. The molecule has 2 aromatic rings. The van der Waals surface area contributed by atoms with Crippen LogP contribution in [-0.4, -0.2) is 28.6 Å². The van der Waals surface area contributed by atoms with Gasteiger partial charge in [0.1, 0.15) is 5.82 Å². The van der Waals surface area contributed by atoms with Crippen LogP contribution in [0.3, 0.4) is 0 Å². The zero-order chi connectivity index (χ0) is 15.4. The van der Waals surface area contributed by atoms with E-state index in [0.717, 1.165) is 23.6 Å². The molecule has 1 aromatic heterocycles. The number of thioether (sulfide) groups is 1. The van der Waals surface area contributed by atoms with Gasteiger partial charge in [-0.05, 0) is 26.1 Å². The molecule has 6 heteroatoms. The van der Waals surface area contributed by atoms with Crippen LogP contribution in [0.25, 0.3) is 0 Å². The van der Waals surface area contributed by atoms with Crippen LogP contribution in [0, 0.1) is 12.7 Å². The second-order valence-corrected chi connectivity index (χ2v) is 6.34. The number of rotatable bonds is 6. The minimum atomic E-state index is -0.174. The van der Waals surface area contributed by atoms with Gasteiger partial charge in [-0.2, -0.15) is 5.10 Å². The van der Waals surface area contributed by atoms with Crippen LogP contribution in [0.1, 0.15) is 11.4 Å². The predicted octanol–water partition coefficient (Wildman–Crippen LogP) is 3.44. The van der Waals surface area contributed by atoms with Gasteiger partial charge in [-0.25, -0.2) is 4.39 Å². The van der Waals surface area contributed by atoms with Gasteiger partial charge in [0, 0.05) is 30.2 Å². The Bertz CT molecular complexity index is 615. The third kappa shape index (κ3) is 3.99. The molecule has 1 heterocycles. The Morgan fingerprint density at radius 3 is 2.71 bits per heavy atom. The first kappa shape index (κ1) is 16.3. The number of nitrogens with zero attached hydrogens (tertiary/aromatic N) is 2. The molecule has 1 atom stereocenters. The standard InChI is InChI=1S/C15H19ClFN3S/c1-10-15(16)13(20(3)19-10)8-11(18-2)9-21-14-7-5-4-6-12(14)17/h4-7,11,18H,8-9H2,1-3H3. The zero-order valence-electron chi connectivity index (χ0n) is 12.4. The SMILES string of the molecule is CNC(CSc1ccccc1F)Cc1c(Cl)c(C)nn1C. The van der Waals surface area contributed by atoms with Crippen LogP contribution in [0.15, 0.2) is 29.2 Å². The molecule has 0 aliphatic heterocycles. The lowest BCUT2D eigenvalue weighted by Crippen LogP contribution is -2.31. The lowest BCUT2D eigenvalue weighted by Gasteiger charge is -2.16. The fraction of sp³-hybridized carbons (Fsp3) is 0.400. The first-order chi connectivity index (χ1) is 10.0. The second-order valence-electron chi connectivity index (χ2n) is 4.90. The van der Waals surface area contributed by atoms with Crippen molar-refractivity contribution in [2.75, 3.05) is 12.8 Å². The number of aryl methyl sites for hydroxylation is 2. The topological polar surface area (TPSA) is 29.9 Å². The van der Waals surface area contributed by atoms with Crippen molar-refractivity contribution in [2.24, 2.45) is 7.05 Å². The van der Waals surface area contributed by atoms with E-state index in [0.29, 0.717) is 9.92 Å². The highest BCUT2D eigenvalue weighted by Crippen LogP contribution is 2.25. The highest BCUT2D eigenvalue weighted by atomic mass is 35.5. The molecular weight excluding hydrogens is 309 g/mol. The third-order valence-corrected chi connectivity index (χ3v) is 5.09. The number of nitrogens with one attached hydrogen (secondary N) is 1. The maximum atomic E-state index is 13.6. The van der Waals surface area contributed by atoms with Crippen molar-refractivity contribution >= 4 is 23.4 Å². The quantitative estimate of drug-likeness (QED) is 0.824. The summed E-state index contributed by atoms with van der Waals surface area (Å²) < 4.78 is 15.4. The molecule has 114 valence electrons. The number of hydrogen-bond donors (Lipinski definition) is 1. The molecule has 0 fully saturated rings. The summed E-state index contributed by atoms with van der Waals surface area (Å²) in [6.07, 6.45) is 0.758. The number of likely N-dealkylation sites (N-methyl/N-ethyl adjacent to an activating group) is 1. The van der Waals surface area contributed by atoms with Crippen LogP contribution >= 0.6 is 23.4 Å². The highest BCUT2D eigenvalue weighted by molar-refractivity contribution is 7.99. The van der Waals surface area contributed by atoms with Gasteiger partial charge in [0.2, 0.25) is 0 Å². The van der Waals surface area contributed by atoms with Gasteiger partial charge in [-0.15, -0.1) is 11.8 Å². The highest BCUT2D eigenvalue weighted by Gasteiger charge is 2.16. The summed E-state index contributed by atoms with van der Waals surface area (Å²) in [5, 5.41) is 8.30. The maximum Gasteiger partial charge on any atom is 0.136 e. The molecule has 0 saturated heterocycles. The van der Waals surface area contributed by atoms with E-state index in [9.17, 15) is 4.39 Å². The minimum Gasteiger partial charge on any atom is -0.316 e. The van der Waals surface area contributed by atoms with E-state index in [2.05, 4.69) is 10.4 Å². The van der Waals surface area contributed by atoms with Crippen LogP contribution in [0.5, 0.6) is 0 Å². The Hall–Kier alpha value is -1.04. The average molecular weight is 328 g/mol. The van der Waals surface area contributed by atoms with E-state index in [1.807, 2.05) is 31.8 Å². The zero-order valence-corrected chi connectivity index (χ0v) is 13.9. The molecular formula is C15H19ClFN3S. The van der Waals surface area contributed by atoms with E-state index in [-0.39, 0.29) is 11.9 Å². The Balaban J connectivity index is 2.02. The summed E-state index contributed by atoms with van der Waals surface area (Å²) in [7, 11) is 3.80. The molecule has 0 amide bonds. The monoisotopic (exact) mass is 327 g/mol. The van der Waals surface area contributed by atoms with Crippen molar-refractivity contribution < 1.29 is 4.39 Å². The summed E-state index contributed by atoms with van der Waals surface area (Å²) in [5.74, 6) is 0.588. The summed E-state index contributed by atoms with van der Waals surface area (Å²) >= 11 is 7.79.